The van der Waals surface area contributed by atoms with Gasteiger partial charge in [-0.2, -0.15) is 0 Å². The number of rotatable bonds is 6. The largest absolute Gasteiger partial charge is 0.382 e. The smallest absolute Gasteiger partial charge is 0.0342 e. The highest BCUT2D eigenvalue weighted by molar-refractivity contribution is 5.43. The van der Waals surface area contributed by atoms with Crippen LogP contribution in [0.2, 0.25) is 0 Å². The first kappa shape index (κ1) is 11.1. The third kappa shape index (κ3) is 3.82. The summed E-state index contributed by atoms with van der Waals surface area (Å²) in [4.78, 5) is 0. The quantitative estimate of drug-likeness (QED) is 0.714. The topological polar surface area (TPSA) is 12.0 Å². The van der Waals surface area contributed by atoms with Gasteiger partial charge in [0.2, 0.25) is 0 Å². The van der Waals surface area contributed by atoms with Crippen LogP contribution < -0.4 is 5.32 Å². The van der Waals surface area contributed by atoms with Gasteiger partial charge in [-0.05, 0) is 25.0 Å². The summed E-state index contributed by atoms with van der Waals surface area (Å²) in [5.41, 5.74) is 1.25. The normalized spacial score (nSPS) is 10.5. The van der Waals surface area contributed by atoms with Crippen molar-refractivity contribution in [3.8, 4) is 0 Å². The van der Waals surface area contributed by atoms with Gasteiger partial charge in [0, 0.05) is 11.7 Å². The van der Waals surface area contributed by atoms with Crippen LogP contribution in [-0.2, 0) is 0 Å². The molecule has 1 heteroatoms. The van der Waals surface area contributed by atoms with Crippen molar-refractivity contribution in [1.29, 1.82) is 0 Å². The fourth-order valence-corrected chi connectivity index (χ4v) is 1.76. The van der Waals surface area contributed by atoms with Crippen molar-refractivity contribution < 1.29 is 0 Å². The minimum Gasteiger partial charge on any atom is -0.382 e. The van der Waals surface area contributed by atoms with Gasteiger partial charge in [-0.3, -0.25) is 0 Å². The molecular weight excluding hydrogens is 170 g/mol. The van der Waals surface area contributed by atoms with Gasteiger partial charge in [0.15, 0.2) is 0 Å². The molecule has 1 aromatic rings. The molecule has 0 atom stereocenters. The SMILES string of the molecule is CCCC(CCC)Nc1ccccc1. The minimum absolute atomic E-state index is 0.646. The van der Waals surface area contributed by atoms with E-state index in [0.29, 0.717) is 6.04 Å². The maximum absolute atomic E-state index is 3.58. The lowest BCUT2D eigenvalue weighted by Gasteiger charge is -2.18. The third-order valence-electron chi connectivity index (χ3n) is 2.42. The molecule has 0 heterocycles. The molecule has 78 valence electrons. The lowest BCUT2D eigenvalue weighted by Crippen LogP contribution is -2.18. The van der Waals surface area contributed by atoms with Crippen LogP contribution in [0.1, 0.15) is 39.5 Å². The molecule has 0 unspecified atom stereocenters. The third-order valence-corrected chi connectivity index (χ3v) is 2.42. The summed E-state index contributed by atoms with van der Waals surface area (Å²) in [6.07, 6.45) is 5.04. The zero-order valence-electron chi connectivity index (χ0n) is 9.29. The monoisotopic (exact) mass is 191 g/mol. The molecule has 0 aliphatic carbocycles. The summed E-state index contributed by atoms with van der Waals surface area (Å²) in [6.45, 7) is 4.49. The van der Waals surface area contributed by atoms with Crippen LogP contribution in [0.4, 0.5) is 5.69 Å². The molecule has 1 aromatic carbocycles. The molecule has 0 radical (unpaired) electrons. The van der Waals surface area contributed by atoms with Gasteiger partial charge in [0.1, 0.15) is 0 Å². The van der Waals surface area contributed by atoms with Gasteiger partial charge in [0.25, 0.3) is 0 Å². The lowest BCUT2D eigenvalue weighted by molar-refractivity contribution is 0.586. The van der Waals surface area contributed by atoms with Crippen molar-refractivity contribution in [1.82, 2.24) is 0 Å². The van der Waals surface area contributed by atoms with E-state index >= 15 is 0 Å². The van der Waals surface area contributed by atoms with Crippen molar-refractivity contribution in [3.63, 3.8) is 0 Å². The molecule has 0 aliphatic rings. The summed E-state index contributed by atoms with van der Waals surface area (Å²) < 4.78 is 0. The maximum atomic E-state index is 3.58. The highest BCUT2D eigenvalue weighted by atomic mass is 14.9. The summed E-state index contributed by atoms with van der Waals surface area (Å²) >= 11 is 0. The van der Waals surface area contributed by atoms with Gasteiger partial charge < -0.3 is 5.32 Å². The molecule has 0 bridgehead atoms. The Kier molecular flexibility index (Phi) is 5.13. The molecule has 1 rings (SSSR count). The summed E-state index contributed by atoms with van der Waals surface area (Å²) in [6, 6.07) is 11.1. The first-order chi connectivity index (χ1) is 6.86. The Bertz CT molecular complexity index is 224. The van der Waals surface area contributed by atoms with Crippen molar-refractivity contribution in [2.24, 2.45) is 0 Å². The van der Waals surface area contributed by atoms with E-state index in [1.807, 2.05) is 0 Å². The van der Waals surface area contributed by atoms with Crippen LogP contribution in [0.15, 0.2) is 30.3 Å². The van der Waals surface area contributed by atoms with Crippen LogP contribution in [0.5, 0.6) is 0 Å². The molecule has 0 aliphatic heterocycles. The van der Waals surface area contributed by atoms with E-state index in [1.165, 1.54) is 31.4 Å². The lowest BCUT2D eigenvalue weighted by atomic mass is 10.1. The van der Waals surface area contributed by atoms with E-state index in [1.54, 1.807) is 0 Å². The van der Waals surface area contributed by atoms with Gasteiger partial charge in [0.05, 0.1) is 0 Å². The first-order valence-corrected chi connectivity index (χ1v) is 5.68. The molecule has 0 saturated heterocycles. The van der Waals surface area contributed by atoms with Gasteiger partial charge in [-0.1, -0.05) is 44.9 Å². The number of nitrogens with one attached hydrogen (secondary N) is 1. The van der Waals surface area contributed by atoms with E-state index in [2.05, 4.69) is 49.5 Å². The van der Waals surface area contributed by atoms with E-state index in [0.717, 1.165) is 0 Å². The number of anilines is 1. The van der Waals surface area contributed by atoms with Crippen molar-refractivity contribution in [3.05, 3.63) is 30.3 Å². The van der Waals surface area contributed by atoms with Crippen LogP contribution in [0, 0.1) is 0 Å². The zero-order valence-corrected chi connectivity index (χ0v) is 9.29. The van der Waals surface area contributed by atoms with Crippen LogP contribution in [0.25, 0.3) is 0 Å². The van der Waals surface area contributed by atoms with Crippen molar-refractivity contribution in [2.45, 2.75) is 45.6 Å². The Balaban J connectivity index is 2.46. The molecule has 0 spiro atoms. The molecular formula is C13H21N. The maximum Gasteiger partial charge on any atom is 0.0342 e. The number of benzene rings is 1. The fraction of sp³-hybridized carbons (Fsp3) is 0.538. The summed E-state index contributed by atoms with van der Waals surface area (Å²) in [5, 5.41) is 3.58. The van der Waals surface area contributed by atoms with E-state index in [-0.39, 0.29) is 0 Å². The molecule has 1 N–H and O–H groups in total. The molecule has 1 nitrogen and oxygen atoms in total. The number of hydrogen-bond donors (Lipinski definition) is 1. The highest BCUT2D eigenvalue weighted by Crippen LogP contribution is 2.13. The van der Waals surface area contributed by atoms with Crippen LogP contribution >= 0.6 is 0 Å². The molecule has 0 aromatic heterocycles. The molecule has 0 fully saturated rings. The van der Waals surface area contributed by atoms with Gasteiger partial charge in [-0.25, -0.2) is 0 Å². The van der Waals surface area contributed by atoms with Crippen molar-refractivity contribution >= 4 is 5.69 Å². The van der Waals surface area contributed by atoms with Gasteiger partial charge in [-0.15, -0.1) is 0 Å². The Morgan fingerprint density at radius 1 is 1.00 bits per heavy atom. The van der Waals surface area contributed by atoms with Gasteiger partial charge >= 0.3 is 0 Å². The molecule has 14 heavy (non-hydrogen) atoms. The predicted octanol–water partition coefficient (Wildman–Crippen LogP) is 4.07. The van der Waals surface area contributed by atoms with Crippen LogP contribution in [0.3, 0.4) is 0 Å². The average molecular weight is 191 g/mol. The predicted molar refractivity (Wildman–Crippen MR) is 63.7 cm³/mol. The second-order valence-electron chi connectivity index (χ2n) is 3.78. The van der Waals surface area contributed by atoms with E-state index < -0.39 is 0 Å². The Morgan fingerprint density at radius 2 is 1.57 bits per heavy atom. The zero-order chi connectivity index (χ0) is 10.2. The van der Waals surface area contributed by atoms with E-state index in [4.69, 9.17) is 0 Å². The van der Waals surface area contributed by atoms with Crippen LogP contribution in [-0.4, -0.2) is 6.04 Å². The molecule has 0 saturated carbocycles. The fourth-order valence-electron chi connectivity index (χ4n) is 1.76. The number of hydrogen-bond acceptors (Lipinski definition) is 1. The second kappa shape index (κ2) is 6.47. The first-order valence-electron chi connectivity index (χ1n) is 5.68. The Morgan fingerprint density at radius 3 is 2.07 bits per heavy atom. The summed E-state index contributed by atoms with van der Waals surface area (Å²) in [5.74, 6) is 0. The average Bonchev–Trinajstić information content (AvgIpc) is 2.20. The highest BCUT2D eigenvalue weighted by Gasteiger charge is 2.05. The number of para-hydroxylation sites is 1. The van der Waals surface area contributed by atoms with Crippen molar-refractivity contribution in [2.75, 3.05) is 5.32 Å². The molecule has 0 amide bonds. The minimum atomic E-state index is 0.646. The second-order valence-corrected chi connectivity index (χ2v) is 3.78. The van der Waals surface area contributed by atoms with E-state index in [9.17, 15) is 0 Å². The summed E-state index contributed by atoms with van der Waals surface area (Å²) in [7, 11) is 0. The Labute approximate surface area is 87.5 Å². The standard InChI is InChI=1S/C13H21N/c1-3-8-12(9-4-2)14-13-10-6-5-7-11-13/h5-7,10-12,14H,3-4,8-9H2,1-2H3. The Hall–Kier alpha value is -0.980.